The monoisotopic (exact) mass is 293 g/mol. The molecule has 5 heteroatoms. The van der Waals surface area contributed by atoms with Gasteiger partial charge in [0.05, 0.1) is 0 Å². The Hall–Kier alpha value is -0.580. The van der Waals surface area contributed by atoms with Crippen molar-refractivity contribution in [3.63, 3.8) is 0 Å². The number of rotatable bonds is 4. The summed E-state index contributed by atoms with van der Waals surface area (Å²) in [5.74, 6) is -0.942. The summed E-state index contributed by atoms with van der Waals surface area (Å²) in [6.45, 7) is 0. The van der Waals surface area contributed by atoms with Crippen molar-refractivity contribution in [3.8, 4) is 0 Å². The second-order valence-electron chi connectivity index (χ2n) is 3.11. The van der Waals surface area contributed by atoms with Gasteiger partial charge in [0.2, 0.25) is 0 Å². The summed E-state index contributed by atoms with van der Waals surface area (Å²) < 4.78 is 1.02. The van der Waals surface area contributed by atoms with Crippen molar-refractivity contribution < 1.29 is 9.90 Å². The molecule has 0 aliphatic rings. The average Bonchev–Trinajstić information content (AvgIpc) is 2.16. The Kier molecular flexibility index (Phi) is 6.56. The molecule has 84 valence electrons. The zero-order chi connectivity index (χ0) is 10.6. The van der Waals surface area contributed by atoms with Crippen LogP contribution < -0.4 is 5.73 Å². The van der Waals surface area contributed by atoms with E-state index in [-0.39, 0.29) is 12.4 Å². The fourth-order valence-corrected chi connectivity index (χ4v) is 1.36. The summed E-state index contributed by atoms with van der Waals surface area (Å²) in [6, 6.07) is 7.01. The highest BCUT2D eigenvalue weighted by molar-refractivity contribution is 9.10. The van der Waals surface area contributed by atoms with E-state index in [9.17, 15) is 4.79 Å². The lowest BCUT2D eigenvalue weighted by molar-refractivity contribution is -0.138. The number of halogens is 2. The van der Waals surface area contributed by atoms with E-state index in [0.717, 1.165) is 10.0 Å². The SMILES string of the molecule is Cl.NC(CCc1ccc(Br)cc1)C(=O)O. The van der Waals surface area contributed by atoms with Crippen LogP contribution in [0.5, 0.6) is 0 Å². The largest absolute Gasteiger partial charge is 0.480 e. The van der Waals surface area contributed by atoms with Crippen LogP contribution in [0.4, 0.5) is 0 Å². The van der Waals surface area contributed by atoms with Gasteiger partial charge >= 0.3 is 5.97 Å². The molecule has 1 aromatic carbocycles. The van der Waals surface area contributed by atoms with Crippen molar-refractivity contribution in [2.45, 2.75) is 18.9 Å². The first-order valence-electron chi connectivity index (χ1n) is 4.32. The normalized spacial score (nSPS) is 11.6. The van der Waals surface area contributed by atoms with E-state index in [4.69, 9.17) is 10.8 Å². The van der Waals surface area contributed by atoms with E-state index < -0.39 is 12.0 Å². The molecular weight excluding hydrogens is 281 g/mol. The fourth-order valence-electron chi connectivity index (χ4n) is 1.10. The molecule has 15 heavy (non-hydrogen) atoms. The molecule has 0 heterocycles. The lowest BCUT2D eigenvalue weighted by Crippen LogP contribution is -2.30. The van der Waals surface area contributed by atoms with E-state index in [1.54, 1.807) is 0 Å². The topological polar surface area (TPSA) is 63.3 Å². The molecule has 1 aromatic rings. The van der Waals surface area contributed by atoms with Crippen LogP contribution in [0.25, 0.3) is 0 Å². The molecule has 0 spiro atoms. The van der Waals surface area contributed by atoms with Crippen LogP contribution in [0.15, 0.2) is 28.7 Å². The average molecular weight is 295 g/mol. The first-order chi connectivity index (χ1) is 6.59. The van der Waals surface area contributed by atoms with Crippen LogP contribution in [-0.4, -0.2) is 17.1 Å². The Morgan fingerprint density at radius 2 is 1.93 bits per heavy atom. The number of carboxylic acid groups (broad SMARTS) is 1. The van der Waals surface area contributed by atoms with Crippen molar-refractivity contribution in [1.29, 1.82) is 0 Å². The van der Waals surface area contributed by atoms with Crippen LogP contribution in [0.3, 0.4) is 0 Å². The number of nitrogens with two attached hydrogens (primary N) is 1. The van der Waals surface area contributed by atoms with E-state index in [1.165, 1.54) is 0 Å². The number of hydrogen-bond donors (Lipinski definition) is 2. The Morgan fingerprint density at radius 1 is 1.40 bits per heavy atom. The van der Waals surface area contributed by atoms with Crippen LogP contribution in [-0.2, 0) is 11.2 Å². The third kappa shape index (κ3) is 5.16. The van der Waals surface area contributed by atoms with Gasteiger partial charge in [-0.15, -0.1) is 12.4 Å². The highest BCUT2D eigenvalue weighted by Crippen LogP contribution is 2.12. The van der Waals surface area contributed by atoms with Crippen LogP contribution in [0.2, 0.25) is 0 Å². The smallest absolute Gasteiger partial charge is 0.320 e. The van der Waals surface area contributed by atoms with Crippen LogP contribution in [0, 0.1) is 0 Å². The predicted molar refractivity (Wildman–Crippen MR) is 65.3 cm³/mol. The number of aryl methyl sites for hydroxylation is 1. The summed E-state index contributed by atoms with van der Waals surface area (Å²) in [4.78, 5) is 10.4. The summed E-state index contributed by atoms with van der Waals surface area (Å²) in [5.41, 5.74) is 6.49. The second-order valence-corrected chi connectivity index (χ2v) is 4.03. The highest BCUT2D eigenvalue weighted by atomic mass is 79.9. The van der Waals surface area contributed by atoms with Crippen molar-refractivity contribution in [2.24, 2.45) is 5.73 Å². The number of carbonyl (C=O) groups is 1. The van der Waals surface area contributed by atoms with Gasteiger partial charge in [0, 0.05) is 4.47 Å². The Morgan fingerprint density at radius 3 is 2.40 bits per heavy atom. The molecule has 0 fully saturated rings. The summed E-state index contributed by atoms with van der Waals surface area (Å²) in [5, 5.41) is 8.57. The fraction of sp³-hybridized carbons (Fsp3) is 0.300. The maximum Gasteiger partial charge on any atom is 0.320 e. The first kappa shape index (κ1) is 14.4. The molecule has 1 rings (SSSR count). The highest BCUT2D eigenvalue weighted by Gasteiger charge is 2.10. The van der Waals surface area contributed by atoms with Gasteiger partial charge in [-0.25, -0.2) is 0 Å². The lowest BCUT2D eigenvalue weighted by atomic mass is 10.1. The Labute approximate surface area is 103 Å². The van der Waals surface area contributed by atoms with Gasteiger partial charge in [0.15, 0.2) is 0 Å². The van der Waals surface area contributed by atoms with Gasteiger partial charge in [-0.3, -0.25) is 4.79 Å². The quantitative estimate of drug-likeness (QED) is 0.895. The number of carboxylic acids is 1. The molecule has 0 saturated heterocycles. The van der Waals surface area contributed by atoms with Crippen LogP contribution in [0.1, 0.15) is 12.0 Å². The minimum atomic E-state index is -0.942. The second kappa shape index (κ2) is 6.82. The van der Waals surface area contributed by atoms with Gasteiger partial charge in [0.25, 0.3) is 0 Å². The standard InChI is InChI=1S/C10H12BrNO2.ClH/c11-8-4-1-7(2-5-8)3-6-9(12)10(13)14;/h1-2,4-5,9H,3,6,12H2,(H,13,14);1H. The maximum atomic E-state index is 10.4. The molecule has 0 aromatic heterocycles. The predicted octanol–water partition coefficient (Wildman–Crippen LogP) is 2.22. The molecule has 0 aliphatic carbocycles. The van der Waals surface area contributed by atoms with Crippen LogP contribution >= 0.6 is 28.3 Å². The summed E-state index contributed by atoms with van der Waals surface area (Å²) >= 11 is 3.33. The van der Waals surface area contributed by atoms with Gasteiger partial charge in [0.1, 0.15) is 6.04 Å². The van der Waals surface area contributed by atoms with Crippen molar-refractivity contribution in [2.75, 3.05) is 0 Å². The molecule has 0 aliphatic heterocycles. The van der Waals surface area contributed by atoms with E-state index >= 15 is 0 Å². The zero-order valence-electron chi connectivity index (χ0n) is 8.02. The van der Waals surface area contributed by atoms with Gasteiger partial charge < -0.3 is 10.8 Å². The third-order valence-corrected chi connectivity index (χ3v) is 2.50. The molecule has 3 nitrogen and oxygen atoms in total. The van der Waals surface area contributed by atoms with Crippen molar-refractivity contribution >= 4 is 34.3 Å². The van der Waals surface area contributed by atoms with E-state index in [2.05, 4.69) is 15.9 Å². The number of aliphatic carboxylic acids is 1. The minimum absolute atomic E-state index is 0. The van der Waals surface area contributed by atoms with Crippen molar-refractivity contribution in [3.05, 3.63) is 34.3 Å². The molecule has 0 saturated carbocycles. The number of benzene rings is 1. The van der Waals surface area contributed by atoms with E-state index in [1.807, 2.05) is 24.3 Å². The molecule has 1 atom stereocenters. The van der Waals surface area contributed by atoms with Crippen molar-refractivity contribution in [1.82, 2.24) is 0 Å². The van der Waals surface area contributed by atoms with Gasteiger partial charge in [-0.05, 0) is 30.5 Å². The third-order valence-electron chi connectivity index (χ3n) is 1.97. The molecular formula is C10H13BrClNO2. The molecule has 0 bridgehead atoms. The lowest BCUT2D eigenvalue weighted by Gasteiger charge is -2.05. The minimum Gasteiger partial charge on any atom is -0.480 e. The van der Waals surface area contributed by atoms with Gasteiger partial charge in [-0.1, -0.05) is 28.1 Å². The molecule has 0 radical (unpaired) electrons. The maximum absolute atomic E-state index is 10.4. The summed E-state index contributed by atoms with van der Waals surface area (Å²) in [6.07, 6.45) is 1.16. The Bertz CT molecular complexity index is 316. The molecule has 1 unspecified atom stereocenters. The Balaban J connectivity index is 0.00000196. The first-order valence-corrected chi connectivity index (χ1v) is 5.11. The molecule has 3 N–H and O–H groups in total. The zero-order valence-corrected chi connectivity index (χ0v) is 10.4. The number of hydrogen-bond acceptors (Lipinski definition) is 2. The summed E-state index contributed by atoms with van der Waals surface area (Å²) in [7, 11) is 0. The molecule has 0 amide bonds. The van der Waals surface area contributed by atoms with E-state index in [0.29, 0.717) is 12.8 Å². The van der Waals surface area contributed by atoms with Gasteiger partial charge in [-0.2, -0.15) is 0 Å².